The predicted octanol–water partition coefficient (Wildman–Crippen LogP) is 3.01. The van der Waals surface area contributed by atoms with Crippen LogP contribution in [0.25, 0.3) is 0 Å². The fourth-order valence-electron chi connectivity index (χ4n) is 2.90. The van der Waals surface area contributed by atoms with Gasteiger partial charge in [-0.1, -0.05) is 23.8 Å². The van der Waals surface area contributed by atoms with E-state index in [2.05, 4.69) is 0 Å². The molecule has 0 saturated carbocycles. The molecule has 0 heterocycles. The van der Waals surface area contributed by atoms with Crippen LogP contribution < -0.4 is 0 Å². The molecule has 1 aromatic carbocycles. The van der Waals surface area contributed by atoms with Gasteiger partial charge in [-0.25, -0.2) is 0 Å². The van der Waals surface area contributed by atoms with Gasteiger partial charge in [0.1, 0.15) is 5.41 Å². The number of carboxylic acids is 2. The summed E-state index contributed by atoms with van der Waals surface area (Å²) in [5.41, 5.74) is -3.69. The molecule has 1 aliphatic rings. The lowest BCUT2D eigenvalue weighted by Crippen LogP contribution is -2.44. The van der Waals surface area contributed by atoms with Crippen LogP contribution in [0.3, 0.4) is 0 Å². The van der Waals surface area contributed by atoms with Crippen molar-refractivity contribution in [1.29, 1.82) is 0 Å². The molecule has 0 amide bonds. The maximum atomic E-state index is 12.0. The van der Waals surface area contributed by atoms with Gasteiger partial charge < -0.3 is 10.2 Å². The number of rotatable bonds is 4. The Labute approximate surface area is 136 Å². The van der Waals surface area contributed by atoms with Gasteiger partial charge in [0.05, 0.1) is 15.9 Å². The third-order valence-electron chi connectivity index (χ3n) is 4.17. The molecule has 1 aliphatic carbocycles. The largest absolute Gasteiger partial charge is 0.481 e. The highest BCUT2D eigenvalue weighted by atomic mass is 35.5. The van der Waals surface area contributed by atoms with E-state index in [0.717, 1.165) is 6.07 Å². The zero-order chi connectivity index (χ0) is 17.4. The van der Waals surface area contributed by atoms with Crippen LogP contribution in [0, 0.1) is 15.5 Å². The number of nitro groups is 1. The molecule has 0 saturated heterocycles. The molecule has 2 rings (SSSR count). The second kappa shape index (κ2) is 5.66. The second-order valence-electron chi connectivity index (χ2n) is 5.84. The van der Waals surface area contributed by atoms with Crippen molar-refractivity contribution in [2.24, 2.45) is 5.41 Å². The molecular formula is C15H14ClNO6. The molecule has 122 valence electrons. The Morgan fingerprint density at radius 3 is 2.48 bits per heavy atom. The number of allylic oxidation sites excluding steroid dienone is 1. The SMILES string of the molecule is CC1(C(=O)O)CC=CC(C(=O)O)(c2cc(Cl)ccc2[N+](=O)[O-])C1. The number of nitro benzene ring substituents is 1. The number of carbonyl (C=O) groups is 2. The highest BCUT2D eigenvalue weighted by molar-refractivity contribution is 6.30. The minimum Gasteiger partial charge on any atom is -0.481 e. The minimum absolute atomic E-state index is 0.120. The van der Waals surface area contributed by atoms with Gasteiger partial charge in [0, 0.05) is 11.1 Å². The van der Waals surface area contributed by atoms with E-state index in [1.165, 1.54) is 31.2 Å². The fraction of sp³-hybridized carbons (Fsp3) is 0.333. The summed E-state index contributed by atoms with van der Waals surface area (Å²) in [6.45, 7) is 1.42. The number of hydrogen-bond donors (Lipinski definition) is 2. The molecule has 2 N–H and O–H groups in total. The number of benzene rings is 1. The van der Waals surface area contributed by atoms with Gasteiger partial charge in [-0.15, -0.1) is 0 Å². The summed E-state index contributed by atoms with van der Waals surface area (Å²) in [4.78, 5) is 34.0. The molecule has 0 bridgehead atoms. The number of nitrogens with zero attached hydrogens (tertiary/aromatic N) is 1. The van der Waals surface area contributed by atoms with Crippen molar-refractivity contribution in [1.82, 2.24) is 0 Å². The van der Waals surface area contributed by atoms with Gasteiger partial charge in [0.25, 0.3) is 5.69 Å². The monoisotopic (exact) mass is 339 g/mol. The molecule has 7 nitrogen and oxygen atoms in total. The Balaban J connectivity index is 2.74. The predicted molar refractivity (Wildman–Crippen MR) is 81.5 cm³/mol. The lowest BCUT2D eigenvalue weighted by molar-refractivity contribution is -0.386. The van der Waals surface area contributed by atoms with E-state index in [4.69, 9.17) is 11.6 Å². The summed E-state index contributed by atoms with van der Waals surface area (Å²) >= 11 is 5.89. The maximum Gasteiger partial charge on any atom is 0.318 e. The van der Waals surface area contributed by atoms with Crippen LogP contribution in [0.15, 0.2) is 30.4 Å². The summed E-state index contributed by atoms with van der Waals surface area (Å²) in [6.07, 6.45) is 2.60. The lowest BCUT2D eigenvalue weighted by atomic mass is 9.63. The first-order chi connectivity index (χ1) is 10.6. The van der Waals surface area contributed by atoms with E-state index < -0.39 is 33.4 Å². The third kappa shape index (κ3) is 2.79. The molecule has 0 radical (unpaired) electrons. The van der Waals surface area contributed by atoms with Gasteiger partial charge in [0.2, 0.25) is 0 Å². The summed E-state index contributed by atoms with van der Waals surface area (Å²) in [6, 6.07) is 3.64. The lowest BCUT2D eigenvalue weighted by Gasteiger charge is -2.37. The molecule has 0 aromatic heterocycles. The molecular weight excluding hydrogens is 326 g/mol. The van der Waals surface area contributed by atoms with Crippen molar-refractivity contribution in [3.8, 4) is 0 Å². The van der Waals surface area contributed by atoms with E-state index in [-0.39, 0.29) is 23.4 Å². The fourth-order valence-corrected chi connectivity index (χ4v) is 3.07. The minimum atomic E-state index is -1.82. The molecule has 0 aliphatic heterocycles. The molecule has 1 aromatic rings. The van der Waals surface area contributed by atoms with Gasteiger partial charge in [0.15, 0.2) is 0 Å². The molecule has 8 heteroatoms. The second-order valence-corrected chi connectivity index (χ2v) is 6.28. The van der Waals surface area contributed by atoms with Crippen molar-refractivity contribution in [3.63, 3.8) is 0 Å². The summed E-state index contributed by atoms with van der Waals surface area (Å²) in [5.74, 6) is -2.51. The molecule has 23 heavy (non-hydrogen) atoms. The van der Waals surface area contributed by atoms with Gasteiger partial charge in [-0.2, -0.15) is 0 Å². The molecule has 0 fully saturated rings. The Hall–Kier alpha value is -2.41. The van der Waals surface area contributed by atoms with E-state index >= 15 is 0 Å². The third-order valence-corrected chi connectivity index (χ3v) is 4.41. The van der Waals surface area contributed by atoms with Crippen LogP contribution in [0.5, 0.6) is 0 Å². The van der Waals surface area contributed by atoms with Crippen LogP contribution in [0.1, 0.15) is 25.3 Å². The number of halogens is 1. The number of carboxylic acid groups (broad SMARTS) is 2. The number of aliphatic carboxylic acids is 2. The van der Waals surface area contributed by atoms with E-state index in [1.54, 1.807) is 0 Å². The Kier molecular flexibility index (Phi) is 4.17. The Bertz CT molecular complexity index is 731. The van der Waals surface area contributed by atoms with Gasteiger partial charge >= 0.3 is 11.9 Å². The topological polar surface area (TPSA) is 118 Å². The zero-order valence-corrected chi connectivity index (χ0v) is 12.9. The van der Waals surface area contributed by atoms with Crippen molar-refractivity contribution in [2.75, 3.05) is 0 Å². The quantitative estimate of drug-likeness (QED) is 0.494. The van der Waals surface area contributed by atoms with Crippen LogP contribution in [0.4, 0.5) is 5.69 Å². The summed E-state index contributed by atoms with van der Waals surface area (Å²) in [7, 11) is 0. The molecule has 0 spiro atoms. The van der Waals surface area contributed by atoms with E-state index in [9.17, 15) is 29.9 Å². The molecule has 2 atom stereocenters. The average Bonchev–Trinajstić information content (AvgIpc) is 2.46. The summed E-state index contributed by atoms with van der Waals surface area (Å²) < 4.78 is 0. The summed E-state index contributed by atoms with van der Waals surface area (Å²) in [5, 5.41) is 30.6. The van der Waals surface area contributed by atoms with Crippen molar-refractivity contribution in [3.05, 3.63) is 51.1 Å². The first-order valence-electron chi connectivity index (χ1n) is 6.71. The van der Waals surface area contributed by atoms with E-state index in [1.807, 2.05) is 0 Å². The maximum absolute atomic E-state index is 12.0. The van der Waals surface area contributed by atoms with Crippen molar-refractivity contribution < 1.29 is 24.7 Å². The Morgan fingerprint density at radius 2 is 1.96 bits per heavy atom. The van der Waals surface area contributed by atoms with Crippen LogP contribution in [-0.2, 0) is 15.0 Å². The van der Waals surface area contributed by atoms with Gasteiger partial charge in [-0.3, -0.25) is 19.7 Å². The van der Waals surface area contributed by atoms with Crippen LogP contribution >= 0.6 is 11.6 Å². The number of hydrogen-bond acceptors (Lipinski definition) is 4. The average molecular weight is 340 g/mol. The first kappa shape index (κ1) is 17.0. The van der Waals surface area contributed by atoms with Crippen LogP contribution in [-0.4, -0.2) is 27.1 Å². The first-order valence-corrected chi connectivity index (χ1v) is 7.09. The van der Waals surface area contributed by atoms with Crippen molar-refractivity contribution in [2.45, 2.75) is 25.2 Å². The normalized spacial score (nSPS) is 26.7. The molecule has 2 unspecified atom stereocenters. The van der Waals surface area contributed by atoms with E-state index in [0.29, 0.717) is 0 Å². The zero-order valence-electron chi connectivity index (χ0n) is 12.2. The Morgan fingerprint density at radius 1 is 1.30 bits per heavy atom. The highest BCUT2D eigenvalue weighted by Gasteiger charge is 2.52. The standard InChI is InChI=1S/C15H14ClNO6/c1-14(12(18)19)5-2-6-15(8-14,13(20)21)10-7-9(16)3-4-11(10)17(22)23/h2-4,6-7H,5,8H2,1H3,(H,18,19)(H,20,21). The van der Waals surface area contributed by atoms with Gasteiger partial charge in [-0.05, 0) is 31.9 Å². The van der Waals surface area contributed by atoms with Crippen LogP contribution in [0.2, 0.25) is 5.02 Å². The highest BCUT2D eigenvalue weighted by Crippen LogP contribution is 2.47. The smallest absolute Gasteiger partial charge is 0.318 e. The van der Waals surface area contributed by atoms with Crippen molar-refractivity contribution >= 4 is 29.2 Å².